The first-order valence-electron chi connectivity index (χ1n) is 6.84. The Labute approximate surface area is 140 Å². The number of aliphatic hydroxyl groups excluding tert-OH is 1. The number of ether oxygens (including phenoxy) is 3. The number of hydrogen-bond acceptors (Lipinski definition) is 6. The van der Waals surface area contributed by atoms with E-state index in [0.29, 0.717) is 27.5 Å². The standard InChI is InChI=1S/C15H14BrNO6/c16-14-3-9(6-21-14)15(19)17-5-10(18)7-20-11-1-2-12-13(4-11)23-8-22-12/h1-4,6,10,18H,5,7-8H2,(H,17,19). The molecule has 1 atom stereocenters. The van der Waals surface area contributed by atoms with Gasteiger partial charge in [0.1, 0.15) is 24.7 Å². The Balaban J connectivity index is 1.44. The molecule has 1 amide bonds. The van der Waals surface area contributed by atoms with E-state index < -0.39 is 6.10 Å². The predicted molar refractivity (Wildman–Crippen MR) is 82.8 cm³/mol. The molecule has 0 saturated heterocycles. The van der Waals surface area contributed by atoms with Crippen LogP contribution in [0.1, 0.15) is 10.4 Å². The number of rotatable bonds is 6. The Morgan fingerprint density at radius 3 is 2.96 bits per heavy atom. The quantitative estimate of drug-likeness (QED) is 0.791. The number of halogens is 1. The zero-order chi connectivity index (χ0) is 16.2. The molecule has 0 saturated carbocycles. The van der Waals surface area contributed by atoms with Crippen LogP contribution in [-0.2, 0) is 0 Å². The molecule has 0 aliphatic carbocycles. The summed E-state index contributed by atoms with van der Waals surface area (Å²) in [6.45, 7) is 0.290. The Morgan fingerprint density at radius 2 is 2.17 bits per heavy atom. The smallest absolute Gasteiger partial charge is 0.254 e. The zero-order valence-corrected chi connectivity index (χ0v) is 13.5. The van der Waals surface area contributed by atoms with Gasteiger partial charge < -0.3 is 29.1 Å². The van der Waals surface area contributed by atoms with Gasteiger partial charge in [-0.2, -0.15) is 0 Å². The maximum Gasteiger partial charge on any atom is 0.254 e. The third-order valence-electron chi connectivity index (χ3n) is 3.11. The van der Waals surface area contributed by atoms with Crippen LogP contribution < -0.4 is 19.5 Å². The number of benzene rings is 1. The molecule has 0 radical (unpaired) electrons. The number of fused-ring (bicyclic) bond motifs is 1. The molecule has 2 N–H and O–H groups in total. The van der Waals surface area contributed by atoms with E-state index in [1.165, 1.54) is 6.26 Å². The minimum absolute atomic E-state index is 0.0367. The van der Waals surface area contributed by atoms with Crippen LogP contribution in [0, 0.1) is 0 Å². The fourth-order valence-electron chi connectivity index (χ4n) is 1.96. The SMILES string of the molecule is O=C(NCC(O)COc1ccc2c(c1)OCO2)c1coc(Br)c1. The third-order valence-corrected chi connectivity index (χ3v) is 3.53. The van der Waals surface area contributed by atoms with Gasteiger partial charge in [-0.25, -0.2) is 0 Å². The van der Waals surface area contributed by atoms with Crippen LogP contribution in [0.4, 0.5) is 0 Å². The molecule has 23 heavy (non-hydrogen) atoms. The van der Waals surface area contributed by atoms with Crippen molar-refractivity contribution in [2.45, 2.75) is 6.10 Å². The van der Waals surface area contributed by atoms with Crippen molar-refractivity contribution in [1.29, 1.82) is 0 Å². The Bertz CT molecular complexity index is 701. The van der Waals surface area contributed by atoms with Gasteiger partial charge in [0.05, 0.1) is 5.56 Å². The fraction of sp³-hybridized carbons (Fsp3) is 0.267. The highest BCUT2D eigenvalue weighted by molar-refractivity contribution is 9.10. The van der Waals surface area contributed by atoms with Crippen molar-refractivity contribution in [3.63, 3.8) is 0 Å². The molecule has 0 fully saturated rings. The number of carbonyl (C=O) groups is 1. The van der Waals surface area contributed by atoms with Crippen molar-refractivity contribution in [3.8, 4) is 17.2 Å². The number of nitrogens with one attached hydrogen (secondary N) is 1. The lowest BCUT2D eigenvalue weighted by Gasteiger charge is -2.13. The van der Waals surface area contributed by atoms with E-state index in [0.717, 1.165) is 0 Å². The number of carbonyl (C=O) groups excluding carboxylic acids is 1. The van der Waals surface area contributed by atoms with Gasteiger partial charge in [-0.05, 0) is 28.1 Å². The molecular weight excluding hydrogens is 370 g/mol. The lowest BCUT2D eigenvalue weighted by Crippen LogP contribution is -2.35. The third kappa shape index (κ3) is 3.96. The molecule has 2 heterocycles. The molecular formula is C15H14BrNO6. The first-order valence-corrected chi connectivity index (χ1v) is 7.64. The predicted octanol–water partition coefficient (Wildman–Crippen LogP) is 1.94. The summed E-state index contributed by atoms with van der Waals surface area (Å²) in [5.41, 5.74) is 0.376. The van der Waals surface area contributed by atoms with E-state index in [1.807, 2.05) is 0 Å². The van der Waals surface area contributed by atoms with Crippen LogP contribution in [0.2, 0.25) is 0 Å². The summed E-state index contributed by atoms with van der Waals surface area (Å²) in [6.07, 6.45) is 0.481. The van der Waals surface area contributed by atoms with E-state index in [-0.39, 0.29) is 25.9 Å². The molecule has 1 aliphatic rings. The Hall–Kier alpha value is -2.19. The molecule has 122 valence electrons. The largest absolute Gasteiger partial charge is 0.491 e. The molecule has 8 heteroatoms. The van der Waals surface area contributed by atoms with Gasteiger partial charge in [-0.3, -0.25) is 4.79 Å². The molecule has 3 rings (SSSR count). The molecule has 1 unspecified atom stereocenters. The number of furan rings is 1. The molecule has 7 nitrogen and oxygen atoms in total. The molecule has 1 aromatic carbocycles. The van der Waals surface area contributed by atoms with Gasteiger partial charge in [-0.15, -0.1) is 0 Å². The summed E-state index contributed by atoms with van der Waals surface area (Å²) in [6, 6.07) is 6.70. The van der Waals surface area contributed by atoms with Gasteiger partial charge >= 0.3 is 0 Å². The number of amides is 1. The molecule has 0 spiro atoms. The lowest BCUT2D eigenvalue weighted by molar-refractivity contribution is 0.0843. The first kappa shape index (κ1) is 15.7. The van der Waals surface area contributed by atoms with Crippen LogP contribution in [0.3, 0.4) is 0 Å². The van der Waals surface area contributed by atoms with E-state index in [9.17, 15) is 9.90 Å². The zero-order valence-electron chi connectivity index (χ0n) is 12.0. The molecule has 1 aromatic heterocycles. The van der Waals surface area contributed by atoms with Crippen LogP contribution >= 0.6 is 15.9 Å². The topological polar surface area (TPSA) is 90.2 Å². The summed E-state index contributed by atoms with van der Waals surface area (Å²) in [4.78, 5) is 11.8. The molecule has 2 aromatic rings. The van der Waals surface area contributed by atoms with Crippen molar-refractivity contribution in [3.05, 3.63) is 40.8 Å². The highest BCUT2D eigenvalue weighted by Gasteiger charge is 2.15. The van der Waals surface area contributed by atoms with Crippen LogP contribution in [0.15, 0.2) is 39.6 Å². The lowest BCUT2D eigenvalue weighted by atomic mass is 10.3. The molecule has 1 aliphatic heterocycles. The maximum atomic E-state index is 11.8. The second-order valence-electron chi connectivity index (χ2n) is 4.83. The van der Waals surface area contributed by atoms with Crippen molar-refractivity contribution >= 4 is 21.8 Å². The second-order valence-corrected chi connectivity index (χ2v) is 5.61. The van der Waals surface area contributed by atoms with Crippen molar-refractivity contribution in [1.82, 2.24) is 5.32 Å². The summed E-state index contributed by atoms with van der Waals surface area (Å²) < 4.78 is 21.4. The minimum Gasteiger partial charge on any atom is -0.491 e. The normalized spacial score (nSPS) is 13.7. The average Bonchev–Trinajstić information content (AvgIpc) is 3.18. The van der Waals surface area contributed by atoms with Crippen molar-refractivity contribution < 1.29 is 28.5 Å². The van der Waals surface area contributed by atoms with Crippen molar-refractivity contribution in [2.24, 2.45) is 0 Å². The fourth-order valence-corrected chi connectivity index (χ4v) is 2.30. The average molecular weight is 384 g/mol. The number of hydrogen-bond donors (Lipinski definition) is 2. The second kappa shape index (κ2) is 6.93. The minimum atomic E-state index is -0.847. The van der Waals surface area contributed by atoms with Gasteiger partial charge in [0.2, 0.25) is 6.79 Å². The van der Waals surface area contributed by atoms with Crippen LogP contribution in [0.5, 0.6) is 17.2 Å². The van der Waals surface area contributed by atoms with Gasteiger partial charge in [0.25, 0.3) is 5.91 Å². The highest BCUT2D eigenvalue weighted by Crippen LogP contribution is 2.35. The van der Waals surface area contributed by atoms with Gasteiger partial charge in [0, 0.05) is 18.7 Å². The summed E-state index contributed by atoms with van der Waals surface area (Å²) >= 11 is 3.12. The monoisotopic (exact) mass is 383 g/mol. The summed E-state index contributed by atoms with van der Waals surface area (Å²) in [7, 11) is 0. The Morgan fingerprint density at radius 1 is 1.35 bits per heavy atom. The first-order chi connectivity index (χ1) is 11.1. The summed E-state index contributed by atoms with van der Waals surface area (Å²) in [5, 5.41) is 12.5. The molecule has 0 bridgehead atoms. The van der Waals surface area contributed by atoms with Crippen LogP contribution in [-0.4, -0.2) is 37.1 Å². The van der Waals surface area contributed by atoms with E-state index >= 15 is 0 Å². The highest BCUT2D eigenvalue weighted by atomic mass is 79.9. The van der Waals surface area contributed by atoms with Crippen LogP contribution in [0.25, 0.3) is 0 Å². The van der Waals surface area contributed by atoms with Gasteiger partial charge in [-0.1, -0.05) is 0 Å². The number of aliphatic hydroxyl groups is 1. The van der Waals surface area contributed by atoms with E-state index in [1.54, 1.807) is 24.3 Å². The van der Waals surface area contributed by atoms with E-state index in [4.69, 9.17) is 18.6 Å². The maximum absolute atomic E-state index is 11.8. The van der Waals surface area contributed by atoms with Gasteiger partial charge in [0.15, 0.2) is 16.2 Å². The summed E-state index contributed by atoms with van der Waals surface area (Å²) in [5.74, 6) is 1.49. The van der Waals surface area contributed by atoms with Crippen molar-refractivity contribution in [2.75, 3.05) is 19.9 Å². The van der Waals surface area contributed by atoms with E-state index in [2.05, 4.69) is 21.2 Å². The Kier molecular flexibility index (Phi) is 4.73.